The van der Waals surface area contributed by atoms with Crippen LogP contribution in [0.25, 0.3) is 0 Å². The lowest BCUT2D eigenvalue weighted by Crippen LogP contribution is -2.45. The molecule has 1 aliphatic rings. The maximum absolute atomic E-state index is 14.2. The van der Waals surface area contributed by atoms with Gasteiger partial charge in [-0.1, -0.05) is 72.8 Å². The molecule has 1 saturated heterocycles. The first kappa shape index (κ1) is 29.3. The Balaban J connectivity index is 1.79. The van der Waals surface area contributed by atoms with Gasteiger partial charge in [-0.3, -0.25) is 4.79 Å². The number of rotatable bonds is 8. The number of hydrogen-bond donors (Lipinski definition) is 3. The Morgan fingerprint density at radius 2 is 1.59 bits per heavy atom. The molecule has 9 nitrogen and oxygen atoms in total. The van der Waals surface area contributed by atoms with Crippen LogP contribution in [0.4, 0.5) is 10.5 Å². The van der Waals surface area contributed by atoms with E-state index in [1.807, 2.05) is 60.7 Å². The minimum atomic E-state index is -1.28. The first-order chi connectivity index (χ1) is 19.4. The standard InChI is InChI=1S/C32H35N3O6/c1-32(2,3)41-30(39)25-18-23(17-20-11-6-4-7-12-20)28(21-13-8-5-9-14-21)35(25)26(36)19-22-15-10-16-24(29(37)38)27(22)34-31(33)40/h4-16,23,25,28H,17-19H2,1-3H3,(H,37,38)(H3,33,34,40). The predicted molar refractivity (Wildman–Crippen MR) is 154 cm³/mol. The normalized spacial score (nSPS) is 18.5. The molecule has 9 heteroatoms. The van der Waals surface area contributed by atoms with Crippen molar-refractivity contribution in [1.29, 1.82) is 0 Å². The number of nitrogens with zero attached hydrogens (tertiary/aromatic N) is 1. The number of carboxylic acids is 1. The van der Waals surface area contributed by atoms with E-state index < -0.39 is 41.6 Å². The SMILES string of the molecule is CC(C)(C)OC(=O)C1CC(Cc2ccccc2)C(c2ccccc2)N1C(=O)Cc1cccc(C(=O)O)c1NC(N)=O. The van der Waals surface area contributed by atoms with Crippen LogP contribution in [0.2, 0.25) is 0 Å². The molecule has 214 valence electrons. The van der Waals surface area contributed by atoms with E-state index in [4.69, 9.17) is 10.5 Å². The van der Waals surface area contributed by atoms with Gasteiger partial charge in [-0.05, 0) is 62.3 Å². The van der Waals surface area contributed by atoms with E-state index in [0.717, 1.165) is 11.1 Å². The molecule has 1 heterocycles. The van der Waals surface area contributed by atoms with Crippen molar-refractivity contribution in [3.05, 3.63) is 101 Å². The van der Waals surface area contributed by atoms with Gasteiger partial charge in [0.1, 0.15) is 11.6 Å². The molecule has 4 N–H and O–H groups in total. The number of carbonyl (C=O) groups excluding carboxylic acids is 3. The summed E-state index contributed by atoms with van der Waals surface area (Å²) in [5, 5.41) is 12.1. The van der Waals surface area contributed by atoms with Crippen LogP contribution >= 0.6 is 0 Å². The second-order valence-corrected chi connectivity index (χ2v) is 11.2. The summed E-state index contributed by atoms with van der Waals surface area (Å²) in [6.07, 6.45) is 0.751. The molecule has 3 unspecified atom stereocenters. The highest BCUT2D eigenvalue weighted by atomic mass is 16.6. The van der Waals surface area contributed by atoms with E-state index in [-0.39, 0.29) is 29.2 Å². The first-order valence-electron chi connectivity index (χ1n) is 13.5. The molecular weight excluding hydrogens is 522 g/mol. The van der Waals surface area contributed by atoms with Crippen LogP contribution in [-0.4, -0.2) is 45.5 Å². The largest absolute Gasteiger partial charge is 0.478 e. The summed E-state index contributed by atoms with van der Waals surface area (Å²) in [5.41, 5.74) is 6.55. The molecule has 1 fully saturated rings. The molecule has 3 atom stereocenters. The summed E-state index contributed by atoms with van der Waals surface area (Å²) in [6.45, 7) is 5.34. The average molecular weight is 558 g/mol. The van der Waals surface area contributed by atoms with Gasteiger partial charge >= 0.3 is 18.0 Å². The fourth-order valence-electron chi connectivity index (χ4n) is 5.50. The quantitative estimate of drug-likeness (QED) is 0.335. The maximum Gasteiger partial charge on any atom is 0.337 e. The van der Waals surface area contributed by atoms with Gasteiger partial charge in [0.25, 0.3) is 0 Å². The smallest absolute Gasteiger partial charge is 0.337 e. The van der Waals surface area contributed by atoms with Crippen LogP contribution in [0.15, 0.2) is 78.9 Å². The van der Waals surface area contributed by atoms with Crippen molar-refractivity contribution in [2.45, 2.75) is 57.7 Å². The van der Waals surface area contributed by atoms with Crippen molar-refractivity contribution in [2.24, 2.45) is 11.7 Å². The van der Waals surface area contributed by atoms with E-state index in [1.165, 1.54) is 12.1 Å². The molecule has 3 amide bonds. The Kier molecular flexibility index (Phi) is 8.76. The molecule has 0 aliphatic carbocycles. The van der Waals surface area contributed by atoms with Crippen LogP contribution in [0.5, 0.6) is 0 Å². The summed E-state index contributed by atoms with van der Waals surface area (Å²) < 4.78 is 5.78. The second kappa shape index (κ2) is 12.2. The number of carbonyl (C=O) groups is 4. The van der Waals surface area contributed by atoms with Crippen molar-refractivity contribution in [2.75, 3.05) is 5.32 Å². The number of likely N-dealkylation sites (tertiary alicyclic amines) is 1. The number of carboxylic acid groups (broad SMARTS) is 1. The van der Waals surface area contributed by atoms with E-state index in [2.05, 4.69) is 5.32 Å². The number of urea groups is 1. The predicted octanol–water partition coefficient (Wildman–Crippen LogP) is 4.96. The Labute approximate surface area is 239 Å². The lowest BCUT2D eigenvalue weighted by molar-refractivity contribution is -0.164. The first-order valence-corrected chi connectivity index (χ1v) is 13.5. The van der Waals surface area contributed by atoms with Crippen molar-refractivity contribution >= 4 is 29.6 Å². The summed E-state index contributed by atoms with van der Waals surface area (Å²) in [6, 6.07) is 21.6. The van der Waals surface area contributed by atoms with E-state index >= 15 is 0 Å². The molecule has 1 aliphatic heterocycles. The van der Waals surface area contributed by atoms with Gasteiger partial charge < -0.3 is 25.8 Å². The van der Waals surface area contributed by atoms with Gasteiger partial charge in [0, 0.05) is 0 Å². The molecule has 0 radical (unpaired) electrons. The molecule has 0 spiro atoms. The summed E-state index contributed by atoms with van der Waals surface area (Å²) >= 11 is 0. The zero-order chi connectivity index (χ0) is 29.7. The molecule has 3 aromatic rings. The number of esters is 1. The maximum atomic E-state index is 14.2. The Hall–Kier alpha value is -4.66. The van der Waals surface area contributed by atoms with Crippen LogP contribution < -0.4 is 11.1 Å². The topological polar surface area (TPSA) is 139 Å². The molecule has 41 heavy (non-hydrogen) atoms. The van der Waals surface area contributed by atoms with Crippen LogP contribution in [0.3, 0.4) is 0 Å². The Morgan fingerprint density at radius 3 is 2.17 bits per heavy atom. The summed E-state index contributed by atoms with van der Waals surface area (Å²) in [4.78, 5) is 53.0. The van der Waals surface area contributed by atoms with Gasteiger partial charge in [0.05, 0.1) is 23.7 Å². The van der Waals surface area contributed by atoms with Crippen molar-refractivity contribution in [3.8, 4) is 0 Å². The van der Waals surface area contributed by atoms with Gasteiger partial charge in [0.15, 0.2) is 0 Å². The van der Waals surface area contributed by atoms with Gasteiger partial charge in [-0.15, -0.1) is 0 Å². The Morgan fingerprint density at radius 1 is 0.951 bits per heavy atom. The average Bonchev–Trinajstić information content (AvgIpc) is 3.28. The highest BCUT2D eigenvalue weighted by Crippen LogP contribution is 2.44. The minimum Gasteiger partial charge on any atom is -0.478 e. The van der Waals surface area contributed by atoms with Crippen LogP contribution in [0, 0.1) is 5.92 Å². The number of ether oxygens (including phenoxy) is 1. The van der Waals surface area contributed by atoms with Crippen LogP contribution in [0.1, 0.15) is 60.3 Å². The zero-order valence-electron chi connectivity index (χ0n) is 23.4. The molecule has 3 aromatic carbocycles. The van der Waals surface area contributed by atoms with Crippen molar-refractivity contribution in [3.63, 3.8) is 0 Å². The fourth-order valence-corrected chi connectivity index (χ4v) is 5.50. The third-order valence-electron chi connectivity index (χ3n) is 7.03. The number of amides is 3. The number of nitrogens with two attached hydrogens (primary N) is 1. The number of benzene rings is 3. The molecule has 4 rings (SSSR count). The number of anilines is 1. The third-order valence-corrected chi connectivity index (χ3v) is 7.03. The number of hydrogen-bond acceptors (Lipinski definition) is 5. The van der Waals surface area contributed by atoms with Gasteiger partial charge in [0.2, 0.25) is 5.91 Å². The second-order valence-electron chi connectivity index (χ2n) is 11.2. The lowest BCUT2D eigenvalue weighted by Gasteiger charge is -2.33. The van der Waals surface area contributed by atoms with Crippen molar-refractivity contribution in [1.82, 2.24) is 4.90 Å². The number of aromatic carboxylic acids is 1. The highest BCUT2D eigenvalue weighted by Gasteiger charge is 2.48. The van der Waals surface area contributed by atoms with Crippen molar-refractivity contribution < 1.29 is 29.0 Å². The summed E-state index contributed by atoms with van der Waals surface area (Å²) in [5.74, 6) is -2.28. The van der Waals surface area contributed by atoms with Crippen LogP contribution in [-0.2, 0) is 27.2 Å². The minimum absolute atomic E-state index is 0.0500. The number of para-hydroxylation sites is 1. The highest BCUT2D eigenvalue weighted by molar-refractivity contribution is 6.01. The number of nitrogens with one attached hydrogen (secondary N) is 1. The third kappa shape index (κ3) is 7.11. The number of primary amides is 1. The van der Waals surface area contributed by atoms with E-state index in [9.17, 15) is 24.3 Å². The fraction of sp³-hybridized carbons (Fsp3) is 0.312. The molecule has 0 bridgehead atoms. The van der Waals surface area contributed by atoms with E-state index in [0.29, 0.717) is 12.8 Å². The molecular formula is C32H35N3O6. The molecule has 0 aromatic heterocycles. The lowest BCUT2D eigenvalue weighted by atomic mass is 9.87. The zero-order valence-corrected chi connectivity index (χ0v) is 23.4. The monoisotopic (exact) mass is 557 g/mol. The summed E-state index contributed by atoms with van der Waals surface area (Å²) in [7, 11) is 0. The van der Waals surface area contributed by atoms with Gasteiger partial charge in [-0.25, -0.2) is 14.4 Å². The molecule has 0 saturated carbocycles. The van der Waals surface area contributed by atoms with Gasteiger partial charge in [-0.2, -0.15) is 0 Å². The van der Waals surface area contributed by atoms with E-state index in [1.54, 1.807) is 31.7 Å². The Bertz CT molecular complexity index is 1420.